The maximum Gasteiger partial charge on any atom is 0.303 e. The Bertz CT molecular complexity index is 448. The van der Waals surface area contributed by atoms with Crippen molar-refractivity contribution in [3.63, 3.8) is 0 Å². The first-order valence-corrected chi connectivity index (χ1v) is 6.05. The van der Waals surface area contributed by atoms with E-state index in [1.165, 1.54) is 19.5 Å². The van der Waals surface area contributed by atoms with Crippen LogP contribution in [0.15, 0.2) is 18.5 Å². The van der Waals surface area contributed by atoms with Gasteiger partial charge in [0.25, 0.3) is 5.91 Å². The number of amides is 1. The maximum atomic E-state index is 12.0. The van der Waals surface area contributed by atoms with Gasteiger partial charge in [0, 0.05) is 18.7 Å². The van der Waals surface area contributed by atoms with Crippen molar-refractivity contribution in [2.45, 2.75) is 32.2 Å². The summed E-state index contributed by atoms with van der Waals surface area (Å²) in [6, 6.07) is 1.49. The highest BCUT2D eigenvalue weighted by molar-refractivity contribution is 5.96. The molecule has 6 heteroatoms. The van der Waals surface area contributed by atoms with Crippen molar-refractivity contribution in [1.29, 1.82) is 0 Å². The van der Waals surface area contributed by atoms with E-state index in [4.69, 9.17) is 9.84 Å². The van der Waals surface area contributed by atoms with Crippen molar-refractivity contribution in [2.75, 3.05) is 7.11 Å². The van der Waals surface area contributed by atoms with Gasteiger partial charge in [-0.3, -0.25) is 14.6 Å². The van der Waals surface area contributed by atoms with Crippen molar-refractivity contribution in [1.82, 2.24) is 10.3 Å². The molecule has 1 heterocycles. The van der Waals surface area contributed by atoms with Crippen LogP contribution < -0.4 is 10.1 Å². The van der Waals surface area contributed by atoms with Gasteiger partial charge in [-0.15, -0.1) is 0 Å². The number of rotatable bonds is 7. The molecule has 0 radical (unpaired) electrons. The van der Waals surface area contributed by atoms with Crippen LogP contribution in [0.2, 0.25) is 0 Å². The number of aromatic nitrogens is 1. The molecule has 0 saturated heterocycles. The first-order chi connectivity index (χ1) is 9.04. The quantitative estimate of drug-likeness (QED) is 0.780. The van der Waals surface area contributed by atoms with E-state index >= 15 is 0 Å². The highest BCUT2D eigenvalue weighted by Gasteiger charge is 2.14. The Morgan fingerprint density at radius 2 is 2.26 bits per heavy atom. The third kappa shape index (κ3) is 4.95. The monoisotopic (exact) mass is 266 g/mol. The fourth-order valence-corrected chi connectivity index (χ4v) is 1.66. The average Bonchev–Trinajstić information content (AvgIpc) is 2.38. The molecule has 1 atom stereocenters. The molecule has 0 saturated carbocycles. The molecule has 6 nitrogen and oxygen atoms in total. The van der Waals surface area contributed by atoms with Crippen LogP contribution in [-0.2, 0) is 4.79 Å². The lowest BCUT2D eigenvalue weighted by molar-refractivity contribution is -0.137. The van der Waals surface area contributed by atoms with Crippen molar-refractivity contribution < 1.29 is 19.4 Å². The summed E-state index contributed by atoms with van der Waals surface area (Å²) >= 11 is 0. The summed E-state index contributed by atoms with van der Waals surface area (Å²) in [6.07, 6.45) is 4.25. The molecular formula is C13H18N2O4. The second-order valence-electron chi connectivity index (χ2n) is 4.24. The molecule has 19 heavy (non-hydrogen) atoms. The van der Waals surface area contributed by atoms with Gasteiger partial charge in [-0.25, -0.2) is 0 Å². The summed E-state index contributed by atoms with van der Waals surface area (Å²) in [6.45, 7) is 1.84. The summed E-state index contributed by atoms with van der Waals surface area (Å²) in [4.78, 5) is 26.3. The average molecular weight is 266 g/mol. The van der Waals surface area contributed by atoms with Crippen LogP contribution in [-0.4, -0.2) is 35.1 Å². The van der Waals surface area contributed by atoms with E-state index in [0.717, 1.165) is 0 Å². The Morgan fingerprint density at radius 1 is 1.53 bits per heavy atom. The molecule has 1 aromatic rings. The Hall–Kier alpha value is -2.11. The number of methoxy groups -OCH3 is 1. The fraction of sp³-hybridized carbons (Fsp3) is 0.462. The number of carboxylic acids is 1. The number of carbonyl (C=O) groups is 2. The molecule has 0 aliphatic rings. The second kappa shape index (κ2) is 7.35. The molecule has 0 bridgehead atoms. The third-order valence-corrected chi connectivity index (χ3v) is 2.65. The number of hydrogen-bond acceptors (Lipinski definition) is 4. The third-order valence-electron chi connectivity index (χ3n) is 2.65. The SMILES string of the molecule is COc1cnccc1C(=O)NC(C)CCCC(=O)O. The predicted octanol–water partition coefficient (Wildman–Crippen LogP) is 1.46. The zero-order valence-electron chi connectivity index (χ0n) is 11.0. The summed E-state index contributed by atoms with van der Waals surface area (Å²) in [5.41, 5.74) is 0.419. The smallest absolute Gasteiger partial charge is 0.303 e. The first kappa shape index (κ1) is 14.9. The molecule has 1 unspecified atom stereocenters. The van der Waals surface area contributed by atoms with Gasteiger partial charge in [0.1, 0.15) is 5.75 Å². The van der Waals surface area contributed by atoms with E-state index in [1.807, 2.05) is 6.92 Å². The van der Waals surface area contributed by atoms with E-state index in [1.54, 1.807) is 6.07 Å². The number of ether oxygens (including phenoxy) is 1. The molecule has 104 valence electrons. The zero-order chi connectivity index (χ0) is 14.3. The minimum absolute atomic E-state index is 0.0929. The number of carbonyl (C=O) groups excluding carboxylic acids is 1. The fourth-order valence-electron chi connectivity index (χ4n) is 1.66. The highest BCUT2D eigenvalue weighted by Crippen LogP contribution is 2.15. The normalized spacial score (nSPS) is 11.7. The number of hydrogen-bond donors (Lipinski definition) is 2. The van der Waals surface area contributed by atoms with E-state index in [0.29, 0.717) is 24.2 Å². The summed E-state index contributed by atoms with van der Waals surface area (Å²) in [7, 11) is 1.48. The summed E-state index contributed by atoms with van der Waals surface area (Å²) < 4.78 is 5.06. The van der Waals surface area contributed by atoms with Gasteiger partial charge in [-0.05, 0) is 25.8 Å². The Balaban J connectivity index is 2.52. The molecule has 1 amide bonds. The number of nitrogens with one attached hydrogen (secondary N) is 1. The van der Waals surface area contributed by atoms with Gasteiger partial charge in [-0.1, -0.05) is 0 Å². The van der Waals surface area contributed by atoms with E-state index in [-0.39, 0.29) is 18.4 Å². The molecule has 1 rings (SSSR count). The molecular weight excluding hydrogens is 248 g/mol. The largest absolute Gasteiger partial charge is 0.494 e. The van der Waals surface area contributed by atoms with Gasteiger partial charge in [0.05, 0.1) is 18.9 Å². The van der Waals surface area contributed by atoms with Gasteiger partial charge >= 0.3 is 5.97 Å². The van der Waals surface area contributed by atoms with Gasteiger partial charge < -0.3 is 15.2 Å². The topological polar surface area (TPSA) is 88.5 Å². The van der Waals surface area contributed by atoms with Crippen LogP contribution in [0.25, 0.3) is 0 Å². The van der Waals surface area contributed by atoms with Crippen LogP contribution in [0.5, 0.6) is 5.75 Å². The van der Waals surface area contributed by atoms with Crippen LogP contribution in [0.4, 0.5) is 0 Å². The van der Waals surface area contributed by atoms with Crippen molar-refractivity contribution in [2.24, 2.45) is 0 Å². The summed E-state index contributed by atoms with van der Waals surface area (Å²) in [5, 5.41) is 11.3. The highest BCUT2D eigenvalue weighted by atomic mass is 16.5. The zero-order valence-corrected chi connectivity index (χ0v) is 11.0. The molecule has 0 fully saturated rings. The lowest BCUT2D eigenvalue weighted by Gasteiger charge is -2.14. The van der Waals surface area contributed by atoms with Gasteiger partial charge in [-0.2, -0.15) is 0 Å². The van der Waals surface area contributed by atoms with Crippen LogP contribution in [0, 0.1) is 0 Å². The van der Waals surface area contributed by atoms with Crippen LogP contribution in [0.1, 0.15) is 36.5 Å². The minimum Gasteiger partial charge on any atom is -0.494 e. The maximum absolute atomic E-state index is 12.0. The molecule has 0 aliphatic heterocycles. The standard InChI is InChI=1S/C13H18N2O4/c1-9(4-3-5-12(16)17)15-13(18)10-6-7-14-8-11(10)19-2/h6-9H,3-5H2,1-2H3,(H,15,18)(H,16,17). The molecule has 0 aliphatic carbocycles. The Morgan fingerprint density at radius 3 is 2.89 bits per heavy atom. The lowest BCUT2D eigenvalue weighted by atomic mass is 10.1. The van der Waals surface area contributed by atoms with E-state index in [2.05, 4.69) is 10.3 Å². The van der Waals surface area contributed by atoms with Crippen LogP contribution in [0.3, 0.4) is 0 Å². The minimum atomic E-state index is -0.825. The Kier molecular flexibility index (Phi) is 5.78. The predicted molar refractivity (Wildman–Crippen MR) is 69.2 cm³/mol. The Labute approximate surface area is 111 Å². The molecule has 2 N–H and O–H groups in total. The summed E-state index contributed by atoms with van der Waals surface area (Å²) in [5.74, 6) is -0.658. The van der Waals surface area contributed by atoms with Crippen LogP contribution >= 0.6 is 0 Å². The second-order valence-corrected chi connectivity index (χ2v) is 4.24. The number of nitrogens with zero attached hydrogens (tertiary/aromatic N) is 1. The molecule has 0 aromatic carbocycles. The van der Waals surface area contributed by atoms with Gasteiger partial charge in [0.2, 0.25) is 0 Å². The molecule has 1 aromatic heterocycles. The van der Waals surface area contributed by atoms with E-state index in [9.17, 15) is 9.59 Å². The van der Waals surface area contributed by atoms with Crippen molar-refractivity contribution >= 4 is 11.9 Å². The first-order valence-electron chi connectivity index (χ1n) is 6.05. The van der Waals surface area contributed by atoms with Crippen molar-refractivity contribution in [3.8, 4) is 5.75 Å². The van der Waals surface area contributed by atoms with Gasteiger partial charge in [0.15, 0.2) is 0 Å². The number of aliphatic carboxylic acids is 1. The molecule has 0 spiro atoms. The lowest BCUT2D eigenvalue weighted by Crippen LogP contribution is -2.32. The van der Waals surface area contributed by atoms with E-state index < -0.39 is 5.97 Å². The number of pyridine rings is 1. The number of carboxylic acid groups (broad SMARTS) is 1. The van der Waals surface area contributed by atoms with Crippen molar-refractivity contribution in [3.05, 3.63) is 24.0 Å².